The molecular formula is C14H18BrN3O3. The van der Waals surface area contributed by atoms with Crippen molar-refractivity contribution in [3.05, 3.63) is 28.2 Å². The first-order valence-electron chi connectivity index (χ1n) is 6.75. The molecule has 0 radical (unpaired) electrons. The van der Waals surface area contributed by atoms with Crippen LogP contribution in [0.1, 0.15) is 23.2 Å². The number of aromatic carboxylic acids is 1. The van der Waals surface area contributed by atoms with Gasteiger partial charge in [-0.2, -0.15) is 0 Å². The number of rotatable bonds is 6. The number of likely N-dealkylation sites (N-methyl/N-ethyl adjacent to an activating group) is 1. The van der Waals surface area contributed by atoms with Crippen molar-refractivity contribution in [1.29, 1.82) is 0 Å². The summed E-state index contributed by atoms with van der Waals surface area (Å²) in [5, 5.41) is 14.3. The predicted molar refractivity (Wildman–Crippen MR) is 83.8 cm³/mol. The normalized spacial score (nSPS) is 14.0. The van der Waals surface area contributed by atoms with Crippen LogP contribution in [0.5, 0.6) is 0 Å². The Hall–Kier alpha value is -1.60. The van der Waals surface area contributed by atoms with Crippen molar-refractivity contribution in [2.24, 2.45) is 0 Å². The van der Waals surface area contributed by atoms with Crippen LogP contribution in [0.4, 0.5) is 10.5 Å². The topological polar surface area (TPSA) is 81.7 Å². The van der Waals surface area contributed by atoms with E-state index in [1.807, 2.05) is 0 Å². The third-order valence-electron chi connectivity index (χ3n) is 3.38. The zero-order chi connectivity index (χ0) is 15.4. The number of benzene rings is 1. The van der Waals surface area contributed by atoms with Gasteiger partial charge in [0.05, 0.1) is 11.3 Å². The summed E-state index contributed by atoms with van der Waals surface area (Å²) < 4.78 is 0.535. The van der Waals surface area contributed by atoms with Crippen LogP contribution in [-0.2, 0) is 0 Å². The molecule has 1 aromatic rings. The van der Waals surface area contributed by atoms with Gasteiger partial charge in [-0.25, -0.2) is 9.59 Å². The van der Waals surface area contributed by atoms with Gasteiger partial charge in [0.2, 0.25) is 0 Å². The Labute approximate surface area is 131 Å². The van der Waals surface area contributed by atoms with Gasteiger partial charge < -0.3 is 20.6 Å². The van der Waals surface area contributed by atoms with Gasteiger partial charge in [0.15, 0.2) is 0 Å². The number of carbonyl (C=O) groups is 2. The Kier molecular flexibility index (Phi) is 5.19. The van der Waals surface area contributed by atoms with E-state index in [9.17, 15) is 9.59 Å². The molecule has 0 heterocycles. The van der Waals surface area contributed by atoms with Crippen LogP contribution in [0.3, 0.4) is 0 Å². The van der Waals surface area contributed by atoms with E-state index in [1.165, 1.54) is 25.0 Å². The number of hydrogen-bond donors (Lipinski definition) is 3. The molecule has 0 aliphatic heterocycles. The van der Waals surface area contributed by atoms with Gasteiger partial charge in [-0.05, 0) is 54.0 Å². The standard InChI is InChI=1S/C14H18BrN3O3/c1-18(10-3-4-10)7-6-16-14(21)17-12-5-2-9(13(19)20)8-11(12)15/h2,5,8,10H,3-4,6-7H2,1H3,(H,19,20)(H2,16,17,21). The summed E-state index contributed by atoms with van der Waals surface area (Å²) in [6.07, 6.45) is 2.48. The zero-order valence-corrected chi connectivity index (χ0v) is 13.3. The maximum absolute atomic E-state index is 11.8. The van der Waals surface area contributed by atoms with Crippen LogP contribution >= 0.6 is 15.9 Å². The Bertz CT molecular complexity index is 546. The van der Waals surface area contributed by atoms with E-state index >= 15 is 0 Å². The molecular weight excluding hydrogens is 338 g/mol. The molecule has 0 spiro atoms. The van der Waals surface area contributed by atoms with Crippen molar-refractivity contribution in [2.75, 3.05) is 25.5 Å². The average Bonchev–Trinajstić information content (AvgIpc) is 3.25. The SMILES string of the molecule is CN(CCNC(=O)Nc1ccc(C(=O)O)cc1Br)C1CC1. The lowest BCUT2D eigenvalue weighted by atomic mass is 10.2. The minimum Gasteiger partial charge on any atom is -0.478 e. The van der Waals surface area contributed by atoms with E-state index < -0.39 is 5.97 Å². The predicted octanol–water partition coefficient (Wildman–Crippen LogP) is 2.36. The molecule has 1 aromatic carbocycles. The van der Waals surface area contributed by atoms with Gasteiger partial charge in [-0.15, -0.1) is 0 Å². The van der Waals surface area contributed by atoms with Crippen molar-refractivity contribution in [2.45, 2.75) is 18.9 Å². The van der Waals surface area contributed by atoms with Gasteiger partial charge in [0, 0.05) is 23.6 Å². The lowest BCUT2D eigenvalue weighted by molar-refractivity contribution is 0.0697. The van der Waals surface area contributed by atoms with Gasteiger partial charge in [0.25, 0.3) is 0 Å². The average molecular weight is 356 g/mol. The third-order valence-corrected chi connectivity index (χ3v) is 4.04. The van der Waals surface area contributed by atoms with Crippen LogP contribution in [0.25, 0.3) is 0 Å². The first-order chi connectivity index (χ1) is 9.97. The summed E-state index contributed by atoms with van der Waals surface area (Å²) in [6.45, 7) is 1.39. The second-order valence-electron chi connectivity index (χ2n) is 5.09. The van der Waals surface area contributed by atoms with Crippen LogP contribution < -0.4 is 10.6 Å². The monoisotopic (exact) mass is 355 g/mol. The number of nitrogens with zero attached hydrogens (tertiary/aromatic N) is 1. The van der Waals surface area contributed by atoms with Gasteiger partial charge in [-0.1, -0.05) is 0 Å². The molecule has 0 bridgehead atoms. The highest BCUT2D eigenvalue weighted by Crippen LogP contribution is 2.25. The summed E-state index contributed by atoms with van der Waals surface area (Å²) in [5.74, 6) is -1.00. The van der Waals surface area contributed by atoms with Crippen molar-refractivity contribution >= 4 is 33.6 Å². The van der Waals surface area contributed by atoms with Gasteiger partial charge in [0.1, 0.15) is 0 Å². The molecule has 1 aliphatic carbocycles. The summed E-state index contributed by atoms with van der Waals surface area (Å²) in [7, 11) is 2.05. The first kappa shape index (κ1) is 15.8. The molecule has 0 unspecified atom stereocenters. The fourth-order valence-electron chi connectivity index (χ4n) is 1.96. The van der Waals surface area contributed by atoms with Crippen molar-refractivity contribution in [1.82, 2.24) is 10.2 Å². The number of halogens is 1. The fraction of sp³-hybridized carbons (Fsp3) is 0.429. The lowest BCUT2D eigenvalue weighted by Crippen LogP contribution is -2.36. The number of carbonyl (C=O) groups excluding carboxylic acids is 1. The van der Waals surface area contributed by atoms with Crippen LogP contribution in [0.2, 0.25) is 0 Å². The van der Waals surface area contributed by atoms with E-state index in [2.05, 4.69) is 38.5 Å². The molecule has 114 valence electrons. The number of anilines is 1. The van der Waals surface area contributed by atoms with Gasteiger partial charge in [-0.3, -0.25) is 0 Å². The third kappa shape index (κ3) is 4.71. The second kappa shape index (κ2) is 6.91. The highest BCUT2D eigenvalue weighted by atomic mass is 79.9. The van der Waals surface area contributed by atoms with Gasteiger partial charge >= 0.3 is 12.0 Å². The van der Waals surface area contributed by atoms with Crippen molar-refractivity contribution < 1.29 is 14.7 Å². The summed E-state index contributed by atoms with van der Waals surface area (Å²) >= 11 is 3.25. The number of hydrogen-bond acceptors (Lipinski definition) is 3. The Morgan fingerprint density at radius 1 is 1.43 bits per heavy atom. The second-order valence-corrected chi connectivity index (χ2v) is 5.95. The highest BCUT2D eigenvalue weighted by molar-refractivity contribution is 9.10. The van der Waals surface area contributed by atoms with Crippen LogP contribution in [-0.4, -0.2) is 48.2 Å². The number of urea groups is 1. The van der Waals surface area contributed by atoms with E-state index in [0.717, 1.165) is 6.54 Å². The van der Waals surface area contributed by atoms with E-state index in [1.54, 1.807) is 6.07 Å². The molecule has 2 rings (SSSR count). The molecule has 21 heavy (non-hydrogen) atoms. The Morgan fingerprint density at radius 2 is 2.14 bits per heavy atom. The maximum Gasteiger partial charge on any atom is 0.335 e. The molecule has 1 fully saturated rings. The Morgan fingerprint density at radius 3 is 2.71 bits per heavy atom. The molecule has 7 heteroatoms. The number of carboxylic acid groups (broad SMARTS) is 1. The molecule has 2 amide bonds. The van der Waals surface area contributed by atoms with E-state index in [4.69, 9.17) is 5.11 Å². The molecule has 3 N–H and O–H groups in total. The smallest absolute Gasteiger partial charge is 0.335 e. The maximum atomic E-state index is 11.8. The molecule has 1 aliphatic rings. The molecule has 6 nitrogen and oxygen atoms in total. The molecule has 1 saturated carbocycles. The summed E-state index contributed by atoms with van der Waals surface area (Å²) in [6, 6.07) is 4.83. The fourth-order valence-corrected chi connectivity index (χ4v) is 2.44. The van der Waals surface area contributed by atoms with E-state index in [-0.39, 0.29) is 11.6 Å². The lowest BCUT2D eigenvalue weighted by Gasteiger charge is -2.16. The van der Waals surface area contributed by atoms with E-state index in [0.29, 0.717) is 22.7 Å². The number of carboxylic acids is 1. The number of nitrogens with one attached hydrogen (secondary N) is 2. The zero-order valence-electron chi connectivity index (χ0n) is 11.7. The Balaban J connectivity index is 1.80. The summed E-state index contributed by atoms with van der Waals surface area (Å²) in [5.41, 5.74) is 0.701. The molecule has 0 aromatic heterocycles. The molecule has 0 atom stereocenters. The van der Waals surface area contributed by atoms with Crippen molar-refractivity contribution in [3.63, 3.8) is 0 Å². The van der Waals surface area contributed by atoms with Crippen LogP contribution in [0, 0.1) is 0 Å². The summed E-state index contributed by atoms with van der Waals surface area (Å²) in [4.78, 5) is 24.8. The number of amides is 2. The molecule has 0 saturated heterocycles. The van der Waals surface area contributed by atoms with Crippen molar-refractivity contribution in [3.8, 4) is 0 Å². The first-order valence-corrected chi connectivity index (χ1v) is 7.54. The minimum absolute atomic E-state index is 0.166. The largest absolute Gasteiger partial charge is 0.478 e. The quantitative estimate of drug-likeness (QED) is 0.731. The highest BCUT2D eigenvalue weighted by Gasteiger charge is 2.25. The van der Waals surface area contributed by atoms with Crippen LogP contribution in [0.15, 0.2) is 22.7 Å². The minimum atomic E-state index is -1.00.